The molecule has 182 valence electrons. The molecule has 10 nitrogen and oxygen atoms in total. The van der Waals surface area contributed by atoms with Gasteiger partial charge >= 0.3 is 11.9 Å². The van der Waals surface area contributed by atoms with Crippen molar-refractivity contribution >= 4 is 35.1 Å². The van der Waals surface area contributed by atoms with Crippen LogP contribution in [0.4, 0.5) is 5.69 Å². The van der Waals surface area contributed by atoms with Gasteiger partial charge in [-0.2, -0.15) is 0 Å². The van der Waals surface area contributed by atoms with Gasteiger partial charge in [-0.1, -0.05) is 0 Å². The summed E-state index contributed by atoms with van der Waals surface area (Å²) >= 11 is 0. The van der Waals surface area contributed by atoms with E-state index in [1.165, 1.54) is 13.0 Å². The number of aromatic hydroxyl groups is 1. The van der Waals surface area contributed by atoms with Crippen molar-refractivity contribution in [2.75, 3.05) is 19.0 Å². The minimum absolute atomic E-state index is 0.0280. The van der Waals surface area contributed by atoms with Gasteiger partial charge in [0.05, 0.1) is 11.1 Å². The number of phenols is 1. The van der Waals surface area contributed by atoms with Gasteiger partial charge in [0.2, 0.25) is 0 Å². The first-order valence-corrected chi connectivity index (χ1v) is 10.8. The van der Waals surface area contributed by atoms with Crippen LogP contribution in [0.1, 0.15) is 51.3 Å². The Morgan fingerprint density at radius 1 is 1.00 bits per heavy atom. The van der Waals surface area contributed by atoms with Crippen molar-refractivity contribution in [3.8, 4) is 17.2 Å². The normalized spacial score (nSPS) is 16.1. The summed E-state index contributed by atoms with van der Waals surface area (Å²) < 4.78 is 10.4. The quantitative estimate of drug-likeness (QED) is 0.441. The number of ether oxygens (including phenoxy) is 2. The summed E-state index contributed by atoms with van der Waals surface area (Å²) in [5, 5.41) is 22.1. The van der Waals surface area contributed by atoms with Crippen LogP contribution >= 0.6 is 0 Å². The van der Waals surface area contributed by atoms with Crippen LogP contribution in [-0.2, 0) is 22.4 Å². The number of fused-ring (bicyclic) bond motifs is 3. The molecule has 1 atom stereocenters. The summed E-state index contributed by atoms with van der Waals surface area (Å²) in [6.45, 7) is 2.36. The van der Waals surface area contributed by atoms with Gasteiger partial charge in [0.25, 0.3) is 5.91 Å². The third kappa shape index (κ3) is 3.86. The lowest BCUT2D eigenvalue weighted by molar-refractivity contribution is -0.132. The van der Waals surface area contributed by atoms with Crippen LogP contribution in [0.25, 0.3) is 5.76 Å². The standard InChI is InChI=1S/C25H24N2O8/c1-10(28)34-16-6-5-15(27(3)4)14-8-12-7-13-9-17(35-11(2)29)21(25(26)33)24(32)19(13)22(30)18(12)23(31)20(14)16/h5-6,9,12,31-32H,7-8H2,1-4H3,(H2,26,33). The Hall–Kier alpha value is -4.34. The molecule has 2 aliphatic rings. The van der Waals surface area contributed by atoms with Gasteiger partial charge in [-0.25, -0.2) is 0 Å². The molecule has 0 fully saturated rings. The second kappa shape index (κ2) is 8.46. The van der Waals surface area contributed by atoms with E-state index in [1.54, 1.807) is 12.1 Å². The molecule has 4 rings (SSSR count). The fraction of sp³-hybridized carbons (Fsp3) is 0.280. The summed E-state index contributed by atoms with van der Waals surface area (Å²) in [6, 6.07) is 4.65. The van der Waals surface area contributed by atoms with Crippen LogP contribution in [0.3, 0.4) is 0 Å². The Morgan fingerprint density at radius 2 is 1.63 bits per heavy atom. The maximum atomic E-state index is 13.6. The predicted octanol–water partition coefficient (Wildman–Crippen LogP) is 2.29. The number of allylic oxidation sites excluding steroid dienone is 1. The molecule has 0 radical (unpaired) electrons. The number of carbonyl (C=O) groups is 4. The number of Topliss-reactive ketones (excluding diaryl/α,β-unsaturated/α-hetero) is 1. The Balaban J connectivity index is 1.97. The van der Waals surface area contributed by atoms with Gasteiger partial charge in [0.15, 0.2) is 5.78 Å². The Labute approximate surface area is 200 Å². The third-order valence-corrected chi connectivity index (χ3v) is 6.12. The molecule has 0 saturated heterocycles. The summed E-state index contributed by atoms with van der Waals surface area (Å²) in [5.74, 6) is -4.81. The van der Waals surface area contributed by atoms with Crippen LogP contribution in [0, 0.1) is 5.92 Å². The zero-order valence-electron chi connectivity index (χ0n) is 19.6. The molecule has 0 saturated carbocycles. The van der Waals surface area contributed by atoms with E-state index in [4.69, 9.17) is 15.2 Å². The number of amides is 1. The zero-order valence-corrected chi connectivity index (χ0v) is 19.6. The molecule has 2 aromatic rings. The lowest BCUT2D eigenvalue weighted by atomic mass is 9.70. The van der Waals surface area contributed by atoms with E-state index in [1.807, 2.05) is 19.0 Å². The smallest absolute Gasteiger partial charge is 0.308 e. The average molecular weight is 480 g/mol. The minimum atomic E-state index is -1.09. The second-order valence-corrected chi connectivity index (χ2v) is 8.71. The van der Waals surface area contributed by atoms with Crippen molar-refractivity contribution in [2.24, 2.45) is 11.7 Å². The molecule has 0 aromatic heterocycles. The molecule has 2 aromatic carbocycles. The Morgan fingerprint density at radius 3 is 2.20 bits per heavy atom. The number of carbonyl (C=O) groups excluding carboxylic acids is 4. The highest BCUT2D eigenvalue weighted by Gasteiger charge is 2.42. The van der Waals surface area contributed by atoms with E-state index in [-0.39, 0.29) is 40.4 Å². The summed E-state index contributed by atoms with van der Waals surface area (Å²) in [7, 11) is 3.65. The average Bonchev–Trinajstić information content (AvgIpc) is 2.71. The number of primary amides is 1. The van der Waals surface area contributed by atoms with Crippen molar-refractivity contribution in [3.63, 3.8) is 0 Å². The number of rotatable bonds is 4. The van der Waals surface area contributed by atoms with Crippen LogP contribution in [0.5, 0.6) is 17.2 Å². The molecule has 1 unspecified atom stereocenters. The van der Waals surface area contributed by atoms with Crippen molar-refractivity contribution in [3.05, 3.63) is 51.6 Å². The number of nitrogens with zero attached hydrogens (tertiary/aromatic N) is 1. The highest BCUT2D eigenvalue weighted by Crippen LogP contribution is 2.49. The lowest BCUT2D eigenvalue weighted by Gasteiger charge is -2.34. The number of aliphatic hydroxyl groups is 1. The van der Waals surface area contributed by atoms with Crippen LogP contribution in [-0.4, -0.2) is 47.9 Å². The van der Waals surface area contributed by atoms with Gasteiger partial charge < -0.3 is 30.3 Å². The van der Waals surface area contributed by atoms with Crippen LogP contribution in [0.2, 0.25) is 0 Å². The summed E-state index contributed by atoms with van der Waals surface area (Å²) in [4.78, 5) is 50.7. The predicted molar refractivity (Wildman–Crippen MR) is 125 cm³/mol. The van der Waals surface area contributed by atoms with Crippen LogP contribution in [0.15, 0.2) is 23.8 Å². The van der Waals surface area contributed by atoms with Gasteiger partial charge in [0.1, 0.15) is 28.6 Å². The summed E-state index contributed by atoms with van der Waals surface area (Å²) in [5.41, 5.74) is 6.74. The molecular weight excluding hydrogens is 456 g/mol. The molecule has 0 heterocycles. The fourth-order valence-corrected chi connectivity index (χ4v) is 4.87. The minimum Gasteiger partial charge on any atom is -0.507 e. The SMILES string of the molecule is CC(=O)Oc1cc2c(c(O)c1C(N)=O)C(=O)C1=C(O)c3c(OC(C)=O)ccc(N(C)C)c3CC1C2. The Kier molecular flexibility index (Phi) is 5.75. The van der Waals surface area contributed by atoms with Gasteiger partial charge in [-0.15, -0.1) is 0 Å². The van der Waals surface area contributed by atoms with Crippen molar-refractivity contribution in [1.29, 1.82) is 0 Å². The first kappa shape index (κ1) is 23.8. The van der Waals surface area contributed by atoms with E-state index in [9.17, 15) is 29.4 Å². The molecule has 2 aliphatic carbocycles. The van der Waals surface area contributed by atoms with E-state index in [0.29, 0.717) is 17.5 Å². The second-order valence-electron chi connectivity index (χ2n) is 8.71. The molecule has 0 aliphatic heterocycles. The number of ketones is 1. The number of hydrogen-bond donors (Lipinski definition) is 3. The van der Waals surface area contributed by atoms with E-state index in [2.05, 4.69) is 0 Å². The fourth-order valence-electron chi connectivity index (χ4n) is 4.87. The topological polar surface area (TPSA) is 156 Å². The molecule has 4 N–H and O–H groups in total. The number of nitrogens with two attached hydrogens (primary N) is 1. The molecule has 10 heteroatoms. The first-order chi connectivity index (χ1) is 16.4. The highest BCUT2D eigenvalue weighted by molar-refractivity contribution is 6.18. The van der Waals surface area contributed by atoms with E-state index < -0.39 is 40.9 Å². The third-order valence-electron chi connectivity index (χ3n) is 6.12. The number of esters is 2. The maximum absolute atomic E-state index is 13.6. The number of hydrogen-bond acceptors (Lipinski definition) is 9. The molecular formula is C25H24N2O8. The van der Waals surface area contributed by atoms with Crippen molar-refractivity contribution < 1.29 is 38.9 Å². The first-order valence-electron chi connectivity index (χ1n) is 10.8. The number of benzene rings is 2. The molecule has 1 amide bonds. The largest absolute Gasteiger partial charge is 0.507 e. The van der Waals surface area contributed by atoms with Crippen LogP contribution < -0.4 is 20.1 Å². The van der Waals surface area contributed by atoms with Crippen molar-refractivity contribution in [2.45, 2.75) is 26.7 Å². The molecule has 0 spiro atoms. The van der Waals surface area contributed by atoms with Crippen molar-refractivity contribution in [1.82, 2.24) is 0 Å². The Bertz CT molecular complexity index is 1360. The lowest BCUT2D eigenvalue weighted by Crippen LogP contribution is -2.31. The number of aliphatic hydroxyl groups excluding tert-OH is 1. The van der Waals surface area contributed by atoms with Gasteiger partial charge in [-0.3, -0.25) is 19.2 Å². The highest BCUT2D eigenvalue weighted by atomic mass is 16.5. The summed E-state index contributed by atoms with van der Waals surface area (Å²) in [6.07, 6.45) is 0.523. The number of anilines is 1. The van der Waals surface area contributed by atoms with Gasteiger partial charge in [-0.05, 0) is 48.1 Å². The monoisotopic (exact) mass is 480 g/mol. The van der Waals surface area contributed by atoms with E-state index in [0.717, 1.165) is 12.6 Å². The van der Waals surface area contributed by atoms with E-state index >= 15 is 0 Å². The zero-order chi connectivity index (χ0) is 25.8. The maximum Gasteiger partial charge on any atom is 0.308 e. The molecule has 35 heavy (non-hydrogen) atoms. The molecule has 0 bridgehead atoms. The van der Waals surface area contributed by atoms with Gasteiger partial charge in [0, 0.05) is 39.2 Å².